The SMILES string of the molecule is Cc1ccccc1-n1c(=O)n(C2CC2)c(=O)n1C. The van der Waals surface area contributed by atoms with E-state index in [1.165, 1.54) is 13.9 Å². The molecule has 0 amide bonds. The molecule has 0 unspecified atom stereocenters. The molecule has 0 radical (unpaired) electrons. The van der Waals surface area contributed by atoms with E-state index in [-0.39, 0.29) is 17.4 Å². The minimum atomic E-state index is -0.237. The van der Waals surface area contributed by atoms with Crippen LogP contribution in [0.25, 0.3) is 5.69 Å². The van der Waals surface area contributed by atoms with Gasteiger partial charge in [0.1, 0.15) is 0 Å². The van der Waals surface area contributed by atoms with Crippen LogP contribution in [0.4, 0.5) is 0 Å². The molecule has 1 fully saturated rings. The highest BCUT2D eigenvalue weighted by atomic mass is 16.2. The molecule has 5 nitrogen and oxygen atoms in total. The van der Waals surface area contributed by atoms with Crippen molar-refractivity contribution in [1.29, 1.82) is 0 Å². The normalized spacial score (nSPS) is 15.0. The van der Waals surface area contributed by atoms with Crippen LogP contribution in [0.2, 0.25) is 0 Å². The summed E-state index contributed by atoms with van der Waals surface area (Å²) in [5, 5.41) is 0. The van der Waals surface area contributed by atoms with Crippen molar-refractivity contribution in [2.24, 2.45) is 7.05 Å². The third-order valence-corrected chi connectivity index (χ3v) is 3.43. The first-order chi connectivity index (χ1) is 8.61. The zero-order valence-electron chi connectivity index (χ0n) is 10.5. The van der Waals surface area contributed by atoms with Crippen molar-refractivity contribution in [3.8, 4) is 5.69 Å². The standard InChI is InChI=1S/C13H15N3O2/c1-9-5-3-4-6-11(9)16-13(18)15(10-7-8-10)12(17)14(16)2/h3-6,10H,7-8H2,1-2H3. The van der Waals surface area contributed by atoms with Crippen molar-refractivity contribution in [3.05, 3.63) is 50.8 Å². The van der Waals surface area contributed by atoms with E-state index in [4.69, 9.17) is 0 Å². The lowest BCUT2D eigenvalue weighted by Gasteiger charge is -2.07. The summed E-state index contributed by atoms with van der Waals surface area (Å²) in [4.78, 5) is 24.4. The number of hydrogen-bond acceptors (Lipinski definition) is 2. The van der Waals surface area contributed by atoms with E-state index in [2.05, 4.69) is 0 Å². The van der Waals surface area contributed by atoms with Crippen molar-refractivity contribution in [2.75, 3.05) is 0 Å². The number of para-hydroxylation sites is 1. The maximum absolute atomic E-state index is 12.3. The van der Waals surface area contributed by atoms with Crippen LogP contribution in [0.5, 0.6) is 0 Å². The molecule has 3 rings (SSSR count). The van der Waals surface area contributed by atoms with Gasteiger partial charge >= 0.3 is 11.4 Å². The summed E-state index contributed by atoms with van der Waals surface area (Å²) < 4.78 is 4.21. The van der Waals surface area contributed by atoms with Gasteiger partial charge in [-0.15, -0.1) is 0 Å². The fraction of sp³-hybridized carbons (Fsp3) is 0.385. The zero-order chi connectivity index (χ0) is 12.9. The highest BCUT2D eigenvalue weighted by Crippen LogP contribution is 2.32. The van der Waals surface area contributed by atoms with Gasteiger partial charge in [0, 0.05) is 13.1 Å². The summed E-state index contributed by atoms with van der Waals surface area (Å²) in [7, 11) is 1.63. The Hall–Kier alpha value is -2.04. The van der Waals surface area contributed by atoms with Gasteiger partial charge < -0.3 is 0 Å². The summed E-state index contributed by atoms with van der Waals surface area (Å²) in [6.45, 7) is 1.93. The van der Waals surface area contributed by atoms with Gasteiger partial charge in [-0.3, -0.25) is 0 Å². The number of nitrogens with zero attached hydrogens (tertiary/aromatic N) is 3. The summed E-state index contributed by atoms with van der Waals surface area (Å²) in [6.07, 6.45) is 1.85. The van der Waals surface area contributed by atoms with E-state index in [0.717, 1.165) is 24.1 Å². The van der Waals surface area contributed by atoms with Crippen LogP contribution < -0.4 is 11.4 Å². The Labute approximate surface area is 104 Å². The average Bonchev–Trinajstić information content (AvgIpc) is 3.13. The molecule has 0 spiro atoms. The van der Waals surface area contributed by atoms with Gasteiger partial charge in [0.05, 0.1) is 5.69 Å². The van der Waals surface area contributed by atoms with Crippen LogP contribution in [0, 0.1) is 6.92 Å². The molecule has 0 N–H and O–H groups in total. The van der Waals surface area contributed by atoms with Gasteiger partial charge in [-0.05, 0) is 31.4 Å². The molecule has 1 heterocycles. The molecule has 5 heteroatoms. The lowest BCUT2D eigenvalue weighted by molar-refractivity contribution is 0.623. The summed E-state index contributed by atoms with van der Waals surface area (Å²) in [5.41, 5.74) is 1.27. The lowest BCUT2D eigenvalue weighted by atomic mass is 10.2. The molecule has 94 valence electrons. The maximum Gasteiger partial charge on any atom is 0.352 e. The molecule has 0 atom stereocenters. The van der Waals surface area contributed by atoms with Crippen molar-refractivity contribution >= 4 is 0 Å². The number of hydrogen-bond donors (Lipinski definition) is 0. The number of aryl methyl sites for hydroxylation is 1. The van der Waals surface area contributed by atoms with E-state index in [1.54, 1.807) is 7.05 Å². The minimum Gasteiger partial charge on any atom is -0.246 e. The molecule has 1 aliphatic rings. The van der Waals surface area contributed by atoms with Crippen molar-refractivity contribution in [3.63, 3.8) is 0 Å². The van der Waals surface area contributed by atoms with E-state index in [9.17, 15) is 9.59 Å². The number of rotatable bonds is 2. The monoisotopic (exact) mass is 245 g/mol. The van der Waals surface area contributed by atoms with E-state index >= 15 is 0 Å². The topological polar surface area (TPSA) is 48.9 Å². The molecule has 1 aromatic heterocycles. The second kappa shape index (κ2) is 3.73. The van der Waals surface area contributed by atoms with Crippen LogP contribution in [-0.2, 0) is 7.05 Å². The van der Waals surface area contributed by atoms with Gasteiger partial charge in [-0.2, -0.15) is 4.68 Å². The summed E-state index contributed by atoms with van der Waals surface area (Å²) in [6, 6.07) is 7.67. The largest absolute Gasteiger partial charge is 0.352 e. The lowest BCUT2D eigenvalue weighted by Crippen LogP contribution is -2.27. The summed E-state index contributed by atoms with van der Waals surface area (Å²) >= 11 is 0. The Bertz CT molecular complexity index is 717. The number of aromatic nitrogens is 3. The Morgan fingerprint density at radius 2 is 1.78 bits per heavy atom. The Morgan fingerprint density at radius 3 is 2.39 bits per heavy atom. The fourth-order valence-corrected chi connectivity index (χ4v) is 2.26. The third kappa shape index (κ3) is 1.47. The second-order valence-electron chi connectivity index (χ2n) is 4.79. The average molecular weight is 245 g/mol. The zero-order valence-corrected chi connectivity index (χ0v) is 10.5. The molecule has 0 aliphatic heterocycles. The smallest absolute Gasteiger partial charge is 0.246 e. The molecular formula is C13H15N3O2. The van der Waals surface area contributed by atoms with Crippen LogP contribution in [-0.4, -0.2) is 13.9 Å². The van der Waals surface area contributed by atoms with Crippen molar-refractivity contribution in [2.45, 2.75) is 25.8 Å². The van der Waals surface area contributed by atoms with Gasteiger partial charge in [-0.1, -0.05) is 18.2 Å². The molecule has 18 heavy (non-hydrogen) atoms. The second-order valence-corrected chi connectivity index (χ2v) is 4.79. The van der Waals surface area contributed by atoms with Crippen LogP contribution in [0.15, 0.2) is 33.9 Å². The molecule has 1 aliphatic carbocycles. The van der Waals surface area contributed by atoms with E-state index in [0.29, 0.717) is 0 Å². The number of benzene rings is 1. The predicted octanol–water partition coefficient (Wildman–Crippen LogP) is 0.981. The maximum atomic E-state index is 12.3. The fourth-order valence-electron chi connectivity index (χ4n) is 2.26. The Kier molecular flexibility index (Phi) is 2.29. The van der Waals surface area contributed by atoms with Crippen LogP contribution in [0.1, 0.15) is 24.4 Å². The highest BCUT2D eigenvalue weighted by molar-refractivity contribution is 5.38. The molecular weight excluding hydrogens is 230 g/mol. The quantitative estimate of drug-likeness (QED) is 0.792. The molecule has 2 aromatic rings. The minimum absolute atomic E-state index is 0.0986. The van der Waals surface area contributed by atoms with Crippen molar-refractivity contribution < 1.29 is 0 Å². The Morgan fingerprint density at radius 1 is 1.11 bits per heavy atom. The highest BCUT2D eigenvalue weighted by Gasteiger charge is 2.30. The van der Waals surface area contributed by atoms with Gasteiger partial charge in [0.2, 0.25) is 0 Å². The molecule has 1 saturated carbocycles. The van der Waals surface area contributed by atoms with Crippen LogP contribution in [0.3, 0.4) is 0 Å². The first-order valence-corrected chi connectivity index (χ1v) is 6.08. The molecule has 0 bridgehead atoms. The van der Waals surface area contributed by atoms with Gasteiger partial charge in [0.25, 0.3) is 0 Å². The van der Waals surface area contributed by atoms with E-state index < -0.39 is 0 Å². The first kappa shape index (κ1) is 11.1. The summed E-state index contributed by atoms with van der Waals surface area (Å²) in [5.74, 6) is 0. The van der Waals surface area contributed by atoms with Gasteiger partial charge in [0.15, 0.2) is 0 Å². The molecule has 1 aromatic carbocycles. The van der Waals surface area contributed by atoms with Crippen molar-refractivity contribution in [1.82, 2.24) is 13.9 Å². The van der Waals surface area contributed by atoms with Gasteiger partial charge in [-0.25, -0.2) is 18.8 Å². The third-order valence-electron chi connectivity index (χ3n) is 3.43. The predicted molar refractivity (Wildman–Crippen MR) is 68.3 cm³/mol. The molecule has 0 saturated heterocycles. The van der Waals surface area contributed by atoms with Crippen LogP contribution >= 0.6 is 0 Å². The van der Waals surface area contributed by atoms with E-state index in [1.807, 2.05) is 31.2 Å². The first-order valence-electron chi connectivity index (χ1n) is 6.08. The Balaban J connectivity index is 2.31.